The second-order valence-corrected chi connectivity index (χ2v) is 7.85. The summed E-state index contributed by atoms with van der Waals surface area (Å²) in [6.45, 7) is 6.61. The number of anilines is 1. The van der Waals surface area contributed by atoms with Crippen LogP contribution in [0.1, 0.15) is 27.2 Å². The third kappa shape index (κ3) is 3.39. The molecular weight excluding hydrogens is 371 g/mol. The minimum absolute atomic E-state index is 0.0858. The van der Waals surface area contributed by atoms with Crippen molar-refractivity contribution in [2.24, 2.45) is 11.8 Å². The molecule has 2 aliphatic heterocycles. The number of ether oxygens (including phenoxy) is 1. The largest absolute Gasteiger partial charge is 0.497 e. The van der Waals surface area contributed by atoms with E-state index in [2.05, 4.69) is 16.0 Å². The zero-order valence-electron chi connectivity index (χ0n) is 16.8. The summed E-state index contributed by atoms with van der Waals surface area (Å²) in [6, 6.07) is 8.50. The van der Waals surface area contributed by atoms with Gasteiger partial charge in [0.25, 0.3) is 5.91 Å². The van der Waals surface area contributed by atoms with E-state index in [1.807, 2.05) is 19.9 Å². The number of hydrogen-bond acceptors (Lipinski definition) is 5. The third-order valence-electron chi connectivity index (χ3n) is 6.00. The molecule has 2 fully saturated rings. The number of amides is 1. The zero-order valence-corrected chi connectivity index (χ0v) is 16.8. The Morgan fingerprint density at radius 3 is 2.45 bits per heavy atom. The maximum atomic E-state index is 14.3. The topological polar surface area (TPSA) is 69.5 Å². The van der Waals surface area contributed by atoms with E-state index in [1.54, 1.807) is 11.0 Å². The van der Waals surface area contributed by atoms with E-state index >= 15 is 0 Å². The Morgan fingerprint density at radius 1 is 1.21 bits per heavy atom. The summed E-state index contributed by atoms with van der Waals surface area (Å²) in [5.41, 5.74) is 2.39. The maximum Gasteiger partial charge on any atom is 0.256 e. The quantitative estimate of drug-likeness (QED) is 0.801. The highest BCUT2D eigenvalue weighted by molar-refractivity contribution is 5.95. The van der Waals surface area contributed by atoms with Gasteiger partial charge in [-0.3, -0.25) is 4.79 Å². The minimum Gasteiger partial charge on any atom is -0.497 e. The van der Waals surface area contributed by atoms with Gasteiger partial charge in [-0.05, 0) is 37.6 Å². The number of benzene rings is 1. The van der Waals surface area contributed by atoms with Gasteiger partial charge in [-0.2, -0.15) is 5.26 Å². The zero-order chi connectivity index (χ0) is 20.7. The van der Waals surface area contributed by atoms with Gasteiger partial charge in [-0.25, -0.2) is 9.37 Å². The van der Waals surface area contributed by atoms with Crippen LogP contribution in [0.4, 0.5) is 10.2 Å². The Kier molecular flexibility index (Phi) is 4.87. The number of nitrogens with zero attached hydrogens (tertiary/aromatic N) is 4. The molecule has 0 radical (unpaired) electrons. The molecule has 29 heavy (non-hydrogen) atoms. The predicted molar refractivity (Wildman–Crippen MR) is 106 cm³/mol. The highest BCUT2D eigenvalue weighted by Crippen LogP contribution is 2.35. The molecule has 2 saturated heterocycles. The average Bonchev–Trinajstić information content (AvgIpc) is 3.26. The lowest BCUT2D eigenvalue weighted by Crippen LogP contribution is -2.34. The fraction of sp³-hybridized carbons (Fsp3) is 0.409. The number of aromatic nitrogens is 1. The monoisotopic (exact) mass is 394 g/mol. The first-order valence-electron chi connectivity index (χ1n) is 9.67. The van der Waals surface area contributed by atoms with Crippen LogP contribution in [0.25, 0.3) is 0 Å². The second-order valence-electron chi connectivity index (χ2n) is 7.85. The first kappa shape index (κ1) is 19.2. The van der Waals surface area contributed by atoms with E-state index < -0.39 is 5.82 Å². The van der Waals surface area contributed by atoms with Gasteiger partial charge in [0.05, 0.1) is 23.9 Å². The van der Waals surface area contributed by atoms with Gasteiger partial charge >= 0.3 is 0 Å². The summed E-state index contributed by atoms with van der Waals surface area (Å²) >= 11 is 0. The van der Waals surface area contributed by atoms with Crippen molar-refractivity contribution in [3.63, 3.8) is 0 Å². The number of likely N-dealkylation sites (tertiary alicyclic amines) is 1. The summed E-state index contributed by atoms with van der Waals surface area (Å²) in [6.07, 6.45) is 0. The van der Waals surface area contributed by atoms with Crippen LogP contribution in [-0.2, 0) is 0 Å². The van der Waals surface area contributed by atoms with Crippen LogP contribution in [0, 0.1) is 42.8 Å². The summed E-state index contributed by atoms with van der Waals surface area (Å²) in [5, 5.41) is 9.24. The van der Waals surface area contributed by atoms with Crippen LogP contribution in [-0.4, -0.2) is 49.1 Å². The molecule has 4 rings (SSSR count). The van der Waals surface area contributed by atoms with Crippen molar-refractivity contribution in [3.8, 4) is 11.8 Å². The van der Waals surface area contributed by atoms with Gasteiger partial charge in [-0.1, -0.05) is 0 Å². The Balaban J connectivity index is 1.45. The molecule has 0 aliphatic carbocycles. The fourth-order valence-electron chi connectivity index (χ4n) is 4.45. The molecule has 0 N–H and O–H groups in total. The number of carbonyl (C=O) groups excluding carboxylic acids is 1. The normalized spacial score (nSPS) is 20.5. The van der Waals surface area contributed by atoms with Crippen LogP contribution < -0.4 is 9.64 Å². The van der Waals surface area contributed by atoms with Crippen LogP contribution in [0.3, 0.4) is 0 Å². The number of halogens is 1. The molecule has 0 saturated carbocycles. The van der Waals surface area contributed by atoms with Crippen molar-refractivity contribution in [2.75, 3.05) is 38.2 Å². The second kappa shape index (κ2) is 7.36. The maximum absolute atomic E-state index is 14.3. The van der Waals surface area contributed by atoms with Crippen LogP contribution in [0.5, 0.6) is 5.75 Å². The van der Waals surface area contributed by atoms with Crippen LogP contribution >= 0.6 is 0 Å². The minimum atomic E-state index is -0.555. The van der Waals surface area contributed by atoms with Gasteiger partial charge in [0.15, 0.2) is 0 Å². The van der Waals surface area contributed by atoms with E-state index in [0.29, 0.717) is 36.2 Å². The molecule has 0 unspecified atom stereocenters. The lowest BCUT2D eigenvalue weighted by molar-refractivity contribution is 0.0778. The molecule has 6 nitrogen and oxygen atoms in total. The summed E-state index contributed by atoms with van der Waals surface area (Å²) in [4.78, 5) is 21.4. The van der Waals surface area contributed by atoms with Crippen molar-refractivity contribution in [2.45, 2.75) is 13.8 Å². The van der Waals surface area contributed by atoms with Crippen molar-refractivity contribution in [1.82, 2.24) is 9.88 Å². The van der Waals surface area contributed by atoms with Gasteiger partial charge in [0.2, 0.25) is 0 Å². The number of fused-ring (bicyclic) bond motifs is 1. The SMILES string of the molecule is COc1ccc(C(=O)N2C[C@@H]3CN(c4cc(C)c(C#N)c(C)n4)C[C@@H]3C2)c(F)c1. The molecule has 2 aliphatic rings. The van der Waals surface area contributed by atoms with E-state index in [4.69, 9.17) is 4.74 Å². The first-order chi connectivity index (χ1) is 13.9. The molecule has 7 heteroatoms. The standard InChI is InChI=1S/C22H23FN4O2/c1-13-6-21(25-14(2)19(13)8-24)26-9-15-11-27(12-16(15)10-26)22(28)18-5-4-17(29-3)7-20(18)23/h4-7,15-16H,9-12H2,1-3H3/t15-,16+. The Hall–Kier alpha value is -3.14. The highest BCUT2D eigenvalue weighted by Gasteiger charge is 2.42. The van der Waals surface area contributed by atoms with Gasteiger partial charge in [-0.15, -0.1) is 0 Å². The van der Waals surface area contributed by atoms with Crippen LogP contribution in [0.15, 0.2) is 24.3 Å². The van der Waals surface area contributed by atoms with Crippen LogP contribution in [0.2, 0.25) is 0 Å². The molecule has 1 amide bonds. The Bertz CT molecular complexity index is 979. The summed E-state index contributed by atoms with van der Waals surface area (Å²) < 4.78 is 19.3. The van der Waals surface area contributed by atoms with E-state index in [1.165, 1.54) is 19.2 Å². The lowest BCUT2D eigenvalue weighted by atomic mass is 10.0. The molecular formula is C22H23FN4O2. The Morgan fingerprint density at radius 2 is 1.90 bits per heavy atom. The first-order valence-corrected chi connectivity index (χ1v) is 9.67. The van der Waals surface area contributed by atoms with Gasteiger partial charge in [0.1, 0.15) is 23.5 Å². The van der Waals surface area contributed by atoms with E-state index in [-0.39, 0.29) is 11.5 Å². The molecule has 1 aromatic carbocycles. The van der Waals surface area contributed by atoms with E-state index in [9.17, 15) is 14.4 Å². The molecule has 150 valence electrons. The third-order valence-corrected chi connectivity index (χ3v) is 6.00. The lowest BCUT2D eigenvalue weighted by Gasteiger charge is -2.23. The number of nitriles is 1. The molecule has 2 atom stereocenters. The molecule has 1 aromatic heterocycles. The summed E-state index contributed by atoms with van der Waals surface area (Å²) in [5.74, 6) is 1.12. The molecule has 0 bridgehead atoms. The number of aryl methyl sites for hydroxylation is 2. The van der Waals surface area contributed by atoms with Crippen molar-refractivity contribution in [1.29, 1.82) is 5.26 Å². The fourth-order valence-corrected chi connectivity index (χ4v) is 4.45. The average molecular weight is 394 g/mol. The summed E-state index contributed by atoms with van der Waals surface area (Å²) in [7, 11) is 1.47. The molecule has 2 aromatic rings. The smallest absolute Gasteiger partial charge is 0.256 e. The van der Waals surface area contributed by atoms with Crippen molar-refractivity contribution in [3.05, 3.63) is 52.5 Å². The number of carbonyl (C=O) groups is 1. The van der Waals surface area contributed by atoms with Crippen molar-refractivity contribution >= 4 is 11.7 Å². The number of hydrogen-bond donors (Lipinski definition) is 0. The molecule has 0 spiro atoms. The van der Waals surface area contributed by atoms with Gasteiger partial charge in [0, 0.05) is 44.1 Å². The highest BCUT2D eigenvalue weighted by atomic mass is 19.1. The van der Waals surface area contributed by atoms with Gasteiger partial charge < -0.3 is 14.5 Å². The number of rotatable bonds is 3. The predicted octanol–water partition coefficient (Wildman–Crippen LogP) is 2.93. The van der Waals surface area contributed by atoms with Crippen molar-refractivity contribution < 1.29 is 13.9 Å². The van der Waals surface area contributed by atoms with E-state index in [0.717, 1.165) is 30.2 Å². The molecule has 3 heterocycles. The Labute approximate surface area is 169 Å². The number of pyridine rings is 1. The number of methoxy groups -OCH3 is 1.